The van der Waals surface area contributed by atoms with Gasteiger partial charge in [0, 0.05) is 5.69 Å². The van der Waals surface area contributed by atoms with Gasteiger partial charge in [-0.15, -0.1) is 0 Å². The highest BCUT2D eigenvalue weighted by Crippen LogP contribution is 2.32. The molecule has 3 nitrogen and oxygen atoms in total. The van der Waals surface area contributed by atoms with Gasteiger partial charge in [-0.1, -0.05) is 24.3 Å². The van der Waals surface area contributed by atoms with E-state index in [9.17, 15) is 12.8 Å². The van der Waals surface area contributed by atoms with Crippen LogP contribution in [0, 0.1) is 12.7 Å². The topological polar surface area (TPSA) is 39.1 Å². The number of thiol groups is 1. The van der Waals surface area contributed by atoms with Crippen molar-refractivity contribution < 1.29 is 12.8 Å². The normalized spacial score (nSPS) is 11.2. The first kappa shape index (κ1) is 16.9. The van der Waals surface area contributed by atoms with Crippen LogP contribution in [0.5, 0.6) is 0 Å². The van der Waals surface area contributed by atoms with Crippen LogP contribution >= 0.6 is 15.9 Å². The second-order valence-corrected chi connectivity index (χ2v) is 7.24. The van der Waals surface area contributed by atoms with E-state index in [1.807, 2.05) is 41.8 Å². The zero-order valence-corrected chi connectivity index (χ0v) is 15.4. The smallest absolute Gasteiger partial charge is 0.144 e. The van der Waals surface area contributed by atoms with E-state index in [0.717, 1.165) is 32.7 Å². The van der Waals surface area contributed by atoms with Crippen molar-refractivity contribution in [1.82, 2.24) is 4.57 Å². The third-order valence-corrected chi connectivity index (χ3v) is 5.37. The minimum absolute atomic E-state index is 0.0390. The summed E-state index contributed by atoms with van der Waals surface area (Å²) in [6, 6.07) is 15.8. The van der Waals surface area contributed by atoms with E-state index in [4.69, 9.17) is 0 Å². The van der Waals surface area contributed by atoms with Crippen LogP contribution in [0.4, 0.5) is 4.39 Å². The van der Waals surface area contributed by atoms with Gasteiger partial charge < -0.3 is 4.57 Å². The molecule has 1 heterocycles. The third kappa shape index (κ3) is 3.44. The molecule has 0 aliphatic rings. The SMILES string of the molecule is Cc1cc(-c2ccc(C[SH](=O)=O)cc2)n(-c2ccc(F)cc2)c1Br. The number of aryl methyl sites for hydroxylation is 1. The minimum Gasteiger partial charge on any atom is -0.304 e. The van der Waals surface area contributed by atoms with Crippen molar-refractivity contribution in [3.8, 4) is 16.9 Å². The minimum atomic E-state index is -2.44. The lowest BCUT2D eigenvalue weighted by Crippen LogP contribution is -1.97. The van der Waals surface area contributed by atoms with Gasteiger partial charge in [0.15, 0.2) is 0 Å². The van der Waals surface area contributed by atoms with Crippen molar-refractivity contribution >= 4 is 26.6 Å². The number of halogens is 2. The third-order valence-electron chi connectivity index (χ3n) is 3.76. The van der Waals surface area contributed by atoms with E-state index in [1.165, 1.54) is 12.1 Å². The molecule has 6 heteroatoms. The Morgan fingerprint density at radius 3 is 2.25 bits per heavy atom. The fourth-order valence-electron chi connectivity index (χ4n) is 2.60. The fourth-order valence-corrected chi connectivity index (χ4v) is 3.62. The Morgan fingerprint density at radius 1 is 1.04 bits per heavy atom. The predicted molar refractivity (Wildman–Crippen MR) is 97.6 cm³/mol. The van der Waals surface area contributed by atoms with Gasteiger partial charge in [-0.2, -0.15) is 0 Å². The van der Waals surface area contributed by atoms with Crippen LogP contribution in [0.1, 0.15) is 11.1 Å². The first-order chi connectivity index (χ1) is 11.5. The molecule has 0 unspecified atom stereocenters. The second kappa shape index (κ2) is 6.91. The molecule has 3 rings (SSSR count). The summed E-state index contributed by atoms with van der Waals surface area (Å²) in [7, 11) is -2.44. The summed E-state index contributed by atoms with van der Waals surface area (Å²) in [4.78, 5) is 0. The average molecular weight is 408 g/mol. The van der Waals surface area contributed by atoms with E-state index in [2.05, 4.69) is 15.9 Å². The van der Waals surface area contributed by atoms with Crippen LogP contribution in [0.15, 0.2) is 59.2 Å². The predicted octanol–water partition coefficient (Wildman–Crippen LogP) is 4.47. The summed E-state index contributed by atoms with van der Waals surface area (Å²) in [5.74, 6) is -0.242. The molecule has 124 valence electrons. The second-order valence-electron chi connectivity index (χ2n) is 5.50. The van der Waals surface area contributed by atoms with E-state index >= 15 is 0 Å². The van der Waals surface area contributed by atoms with Gasteiger partial charge in [0.05, 0.1) is 16.0 Å². The largest absolute Gasteiger partial charge is 0.304 e. The molecule has 0 atom stereocenters. The lowest BCUT2D eigenvalue weighted by Gasteiger charge is -2.12. The van der Waals surface area contributed by atoms with Gasteiger partial charge in [-0.25, -0.2) is 12.8 Å². The fraction of sp³-hybridized carbons (Fsp3) is 0.111. The van der Waals surface area contributed by atoms with E-state index in [0.29, 0.717) is 0 Å². The first-order valence-electron chi connectivity index (χ1n) is 7.30. The van der Waals surface area contributed by atoms with Gasteiger partial charge in [0.25, 0.3) is 0 Å². The number of rotatable bonds is 4. The molecule has 0 saturated carbocycles. The Kier molecular flexibility index (Phi) is 4.87. The molecule has 3 aromatic rings. The number of hydrogen-bond donors (Lipinski definition) is 1. The standard InChI is InChI=1S/C18H15BrFNO2S/c1-12-10-17(14-4-2-13(3-5-14)11-24(22)23)21(18(12)19)16-8-6-15(20)7-9-16/h2-10,24H,11H2,1H3. The molecule has 0 amide bonds. The summed E-state index contributed by atoms with van der Waals surface area (Å²) in [5.41, 5.74) is 4.56. The highest BCUT2D eigenvalue weighted by atomic mass is 79.9. The maximum absolute atomic E-state index is 13.2. The van der Waals surface area contributed by atoms with Crippen molar-refractivity contribution in [2.75, 3.05) is 0 Å². The van der Waals surface area contributed by atoms with Gasteiger partial charge in [0.1, 0.15) is 16.5 Å². The van der Waals surface area contributed by atoms with E-state index in [1.54, 1.807) is 12.1 Å². The van der Waals surface area contributed by atoms with Crippen LogP contribution in [-0.4, -0.2) is 13.0 Å². The van der Waals surface area contributed by atoms with Crippen LogP contribution < -0.4 is 0 Å². The van der Waals surface area contributed by atoms with Crippen LogP contribution in [0.3, 0.4) is 0 Å². The van der Waals surface area contributed by atoms with E-state index in [-0.39, 0.29) is 11.6 Å². The van der Waals surface area contributed by atoms with Crippen LogP contribution in [0.25, 0.3) is 16.9 Å². The average Bonchev–Trinajstić information content (AvgIpc) is 2.84. The number of nitrogens with zero attached hydrogens (tertiary/aromatic N) is 1. The molecule has 0 fully saturated rings. The lowest BCUT2D eigenvalue weighted by molar-refractivity contribution is 0.614. The quantitative estimate of drug-likeness (QED) is 0.648. The molecular formula is C18H15BrFNO2S. The zero-order chi connectivity index (χ0) is 17.3. The summed E-state index contributed by atoms with van der Waals surface area (Å²) in [6.07, 6.45) is 0. The highest BCUT2D eigenvalue weighted by molar-refractivity contribution is 9.10. The van der Waals surface area contributed by atoms with Crippen molar-refractivity contribution in [3.05, 3.63) is 76.1 Å². The zero-order valence-electron chi connectivity index (χ0n) is 12.9. The Morgan fingerprint density at radius 2 is 1.67 bits per heavy atom. The Hall–Kier alpha value is -1.92. The Balaban J connectivity index is 2.08. The molecule has 24 heavy (non-hydrogen) atoms. The molecule has 1 aromatic heterocycles. The molecular weight excluding hydrogens is 393 g/mol. The van der Waals surface area contributed by atoms with Crippen LogP contribution in [0.2, 0.25) is 0 Å². The maximum atomic E-state index is 13.2. The monoisotopic (exact) mass is 407 g/mol. The lowest BCUT2D eigenvalue weighted by atomic mass is 10.1. The van der Waals surface area contributed by atoms with Crippen LogP contribution in [-0.2, 0) is 16.5 Å². The van der Waals surface area contributed by atoms with Gasteiger partial charge in [-0.3, -0.25) is 0 Å². The molecule has 0 bridgehead atoms. The Bertz CT molecular complexity index is 936. The van der Waals surface area contributed by atoms with Crippen molar-refractivity contribution in [2.24, 2.45) is 0 Å². The first-order valence-corrected chi connectivity index (χ1v) is 9.46. The summed E-state index contributed by atoms with van der Waals surface area (Å²) >= 11 is 3.59. The van der Waals surface area contributed by atoms with Gasteiger partial charge in [-0.05, 0) is 69.9 Å². The molecule has 0 aliphatic carbocycles. The molecule has 2 aromatic carbocycles. The maximum Gasteiger partial charge on any atom is 0.144 e. The summed E-state index contributed by atoms with van der Waals surface area (Å²) in [6.45, 7) is 1.99. The number of aromatic nitrogens is 1. The molecule has 0 spiro atoms. The van der Waals surface area contributed by atoms with Crippen molar-refractivity contribution in [2.45, 2.75) is 12.7 Å². The van der Waals surface area contributed by atoms with Crippen molar-refractivity contribution in [3.63, 3.8) is 0 Å². The number of hydrogen-bond acceptors (Lipinski definition) is 2. The molecule has 0 aliphatic heterocycles. The summed E-state index contributed by atoms with van der Waals surface area (Å²) in [5, 5.41) is 0. The number of benzene rings is 2. The molecule has 0 saturated heterocycles. The summed E-state index contributed by atoms with van der Waals surface area (Å²) < 4.78 is 37.8. The van der Waals surface area contributed by atoms with Gasteiger partial charge >= 0.3 is 0 Å². The highest BCUT2D eigenvalue weighted by Gasteiger charge is 2.14. The van der Waals surface area contributed by atoms with E-state index < -0.39 is 10.7 Å². The van der Waals surface area contributed by atoms with Gasteiger partial charge in [0.2, 0.25) is 0 Å². The molecule has 0 radical (unpaired) electrons. The Labute approximate surface area is 149 Å². The van der Waals surface area contributed by atoms with Crippen molar-refractivity contribution in [1.29, 1.82) is 0 Å². The molecule has 0 N–H and O–H groups in total.